The summed E-state index contributed by atoms with van der Waals surface area (Å²) in [4.78, 5) is 0. The molecule has 0 amide bonds. The standard InChI is InChI=1S/C15H22FNO/c1-10-5-11(2)7-13(6-10)18-9-12-3-4-15(17)14(16)8-12/h3-4,8,10-11,13H,5-7,9,17H2,1-2H3. The van der Waals surface area contributed by atoms with Crippen LogP contribution >= 0.6 is 0 Å². The van der Waals surface area contributed by atoms with Crippen molar-refractivity contribution < 1.29 is 9.13 Å². The molecule has 0 heterocycles. The molecule has 0 spiro atoms. The van der Waals surface area contributed by atoms with E-state index in [4.69, 9.17) is 10.5 Å². The number of halogens is 1. The molecule has 2 N–H and O–H groups in total. The average Bonchev–Trinajstić information content (AvgIpc) is 2.29. The molecule has 100 valence electrons. The molecule has 2 nitrogen and oxygen atoms in total. The Hall–Kier alpha value is -1.09. The number of nitrogen functional groups attached to an aromatic ring is 1. The molecule has 2 rings (SSSR count). The SMILES string of the molecule is CC1CC(C)CC(OCc2ccc(N)c(F)c2)C1. The van der Waals surface area contributed by atoms with Crippen LogP contribution in [-0.4, -0.2) is 6.10 Å². The first-order valence-corrected chi connectivity index (χ1v) is 6.70. The number of ether oxygens (including phenoxy) is 1. The number of rotatable bonds is 3. The van der Waals surface area contributed by atoms with Gasteiger partial charge in [0.2, 0.25) is 0 Å². The fourth-order valence-corrected chi connectivity index (χ4v) is 2.88. The van der Waals surface area contributed by atoms with E-state index in [1.54, 1.807) is 6.07 Å². The Morgan fingerprint density at radius 3 is 2.50 bits per heavy atom. The van der Waals surface area contributed by atoms with E-state index in [0.29, 0.717) is 12.7 Å². The van der Waals surface area contributed by atoms with Crippen molar-refractivity contribution in [2.24, 2.45) is 11.8 Å². The number of nitrogens with two attached hydrogens (primary N) is 1. The molecule has 2 atom stereocenters. The van der Waals surface area contributed by atoms with Gasteiger partial charge >= 0.3 is 0 Å². The monoisotopic (exact) mass is 251 g/mol. The van der Waals surface area contributed by atoms with Gasteiger partial charge in [0.1, 0.15) is 5.82 Å². The lowest BCUT2D eigenvalue weighted by molar-refractivity contribution is -0.00923. The Morgan fingerprint density at radius 2 is 1.89 bits per heavy atom. The van der Waals surface area contributed by atoms with Crippen LogP contribution in [-0.2, 0) is 11.3 Å². The third-order valence-corrected chi connectivity index (χ3v) is 3.69. The molecule has 0 bridgehead atoms. The van der Waals surface area contributed by atoms with Crippen LogP contribution in [0.1, 0.15) is 38.7 Å². The molecule has 1 aromatic rings. The third kappa shape index (κ3) is 3.45. The fourth-order valence-electron chi connectivity index (χ4n) is 2.88. The molecule has 2 unspecified atom stereocenters. The zero-order valence-electron chi connectivity index (χ0n) is 11.2. The smallest absolute Gasteiger partial charge is 0.146 e. The van der Waals surface area contributed by atoms with Gasteiger partial charge in [0, 0.05) is 0 Å². The van der Waals surface area contributed by atoms with Crippen LogP contribution < -0.4 is 5.73 Å². The van der Waals surface area contributed by atoms with Crippen LogP contribution in [0.15, 0.2) is 18.2 Å². The first-order valence-electron chi connectivity index (χ1n) is 6.70. The predicted octanol–water partition coefficient (Wildman–Crippen LogP) is 3.75. The van der Waals surface area contributed by atoms with Gasteiger partial charge in [-0.25, -0.2) is 4.39 Å². The molecule has 1 aliphatic rings. The van der Waals surface area contributed by atoms with Crippen molar-refractivity contribution in [1.29, 1.82) is 0 Å². The second kappa shape index (κ2) is 5.70. The lowest BCUT2D eigenvalue weighted by Gasteiger charge is -2.31. The Labute approximate surface area is 108 Å². The maximum atomic E-state index is 13.3. The summed E-state index contributed by atoms with van der Waals surface area (Å²) >= 11 is 0. The van der Waals surface area contributed by atoms with Gasteiger partial charge in [-0.2, -0.15) is 0 Å². The van der Waals surface area contributed by atoms with E-state index in [2.05, 4.69) is 13.8 Å². The van der Waals surface area contributed by atoms with E-state index in [1.807, 2.05) is 6.07 Å². The molecular weight excluding hydrogens is 229 g/mol. The lowest BCUT2D eigenvalue weighted by atomic mass is 9.82. The molecular formula is C15H22FNO. The van der Waals surface area contributed by atoms with Crippen LogP contribution in [0.4, 0.5) is 10.1 Å². The largest absolute Gasteiger partial charge is 0.396 e. The fraction of sp³-hybridized carbons (Fsp3) is 0.600. The molecule has 1 aliphatic carbocycles. The summed E-state index contributed by atoms with van der Waals surface area (Å²) in [5, 5.41) is 0. The summed E-state index contributed by atoms with van der Waals surface area (Å²) in [6, 6.07) is 4.89. The van der Waals surface area contributed by atoms with Crippen LogP contribution in [0.25, 0.3) is 0 Å². The average molecular weight is 251 g/mol. The number of anilines is 1. The highest BCUT2D eigenvalue weighted by molar-refractivity contribution is 5.41. The van der Waals surface area contributed by atoms with E-state index in [9.17, 15) is 4.39 Å². The molecule has 0 aliphatic heterocycles. The zero-order chi connectivity index (χ0) is 13.1. The Kier molecular flexibility index (Phi) is 4.23. The van der Waals surface area contributed by atoms with E-state index >= 15 is 0 Å². The van der Waals surface area contributed by atoms with E-state index in [1.165, 1.54) is 12.5 Å². The van der Waals surface area contributed by atoms with Crippen molar-refractivity contribution in [3.05, 3.63) is 29.6 Å². The highest BCUT2D eigenvalue weighted by Crippen LogP contribution is 2.30. The van der Waals surface area contributed by atoms with E-state index in [-0.39, 0.29) is 11.5 Å². The minimum absolute atomic E-state index is 0.193. The van der Waals surface area contributed by atoms with Crippen LogP contribution in [0.2, 0.25) is 0 Å². The second-order valence-corrected chi connectivity index (χ2v) is 5.71. The first-order chi connectivity index (χ1) is 8.54. The van der Waals surface area contributed by atoms with Crippen molar-refractivity contribution in [3.63, 3.8) is 0 Å². The van der Waals surface area contributed by atoms with Gasteiger partial charge in [-0.1, -0.05) is 19.9 Å². The van der Waals surface area contributed by atoms with Crippen molar-refractivity contribution in [2.75, 3.05) is 5.73 Å². The Bertz CT molecular complexity index is 397. The molecule has 0 saturated heterocycles. The van der Waals surface area contributed by atoms with Crippen LogP contribution in [0, 0.1) is 17.7 Å². The van der Waals surface area contributed by atoms with Gasteiger partial charge < -0.3 is 10.5 Å². The van der Waals surface area contributed by atoms with Crippen molar-refractivity contribution in [2.45, 2.75) is 45.8 Å². The second-order valence-electron chi connectivity index (χ2n) is 5.71. The predicted molar refractivity (Wildman–Crippen MR) is 71.6 cm³/mol. The molecule has 1 saturated carbocycles. The van der Waals surface area contributed by atoms with Gasteiger partial charge in [0.25, 0.3) is 0 Å². The third-order valence-electron chi connectivity index (χ3n) is 3.69. The molecule has 1 aromatic carbocycles. The number of benzene rings is 1. The van der Waals surface area contributed by atoms with E-state index in [0.717, 1.165) is 30.2 Å². The van der Waals surface area contributed by atoms with Gasteiger partial charge in [-0.05, 0) is 48.8 Å². The zero-order valence-corrected chi connectivity index (χ0v) is 11.2. The summed E-state index contributed by atoms with van der Waals surface area (Å²) in [7, 11) is 0. The minimum atomic E-state index is -0.360. The Balaban J connectivity index is 1.89. The summed E-state index contributed by atoms with van der Waals surface area (Å²) in [6.45, 7) is 5.02. The maximum absolute atomic E-state index is 13.3. The summed E-state index contributed by atoms with van der Waals surface area (Å²) in [5.74, 6) is 1.09. The van der Waals surface area contributed by atoms with Crippen molar-refractivity contribution >= 4 is 5.69 Å². The normalized spacial score (nSPS) is 28.3. The van der Waals surface area contributed by atoms with Crippen molar-refractivity contribution in [3.8, 4) is 0 Å². The molecule has 0 aromatic heterocycles. The van der Waals surface area contributed by atoms with Crippen LogP contribution in [0.3, 0.4) is 0 Å². The molecule has 1 fully saturated rings. The molecule has 3 heteroatoms. The number of hydrogen-bond donors (Lipinski definition) is 1. The van der Waals surface area contributed by atoms with Crippen LogP contribution in [0.5, 0.6) is 0 Å². The highest BCUT2D eigenvalue weighted by atomic mass is 19.1. The number of hydrogen-bond acceptors (Lipinski definition) is 2. The van der Waals surface area contributed by atoms with E-state index < -0.39 is 0 Å². The molecule has 18 heavy (non-hydrogen) atoms. The van der Waals surface area contributed by atoms with Crippen molar-refractivity contribution in [1.82, 2.24) is 0 Å². The summed E-state index contributed by atoms with van der Waals surface area (Å²) in [5.41, 5.74) is 6.50. The lowest BCUT2D eigenvalue weighted by Crippen LogP contribution is -2.26. The first kappa shape index (κ1) is 13.3. The van der Waals surface area contributed by atoms with Gasteiger partial charge in [-0.3, -0.25) is 0 Å². The Morgan fingerprint density at radius 1 is 1.22 bits per heavy atom. The quantitative estimate of drug-likeness (QED) is 0.830. The summed E-state index contributed by atoms with van der Waals surface area (Å²) in [6.07, 6.45) is 3.82. The van der Waals surface area contributed by atoms with Gasteiger partial charge in [0.05, 0.1) is 18.4 Å². The molecule has 0 radical (unpaired) electrons. The van der Waals surface area contributed by atoms with Gasteiger partial charge in [0.15, 0.2) is 0 Å². The maximum Gasteiger partial charge on any atom is 0.146 e. The highest BCUT2D eigenvalue weighted by Gasteiger charge is 2.24. The topological polar surface area (TPSA) is 35.2 Å². The minimum Gasteiger partial charge on any atom is -0.396 e. The summed E-state index contributed by atoms with van der Waals surface area (Å²) < 4.78 is 19.2. The van der Waals surface area contributed by atoms with Gasteiger partial charge in [-0.15, -0.1) is 0 Å².